The molecule has 3 atom stereocenters. The number of halogens is 1. The maximum absolute atomic E-state index is 13.6. The van der Waals surface area contributed by atoms with Gasteiger partial charge < -0.3 is 5.32 Å². The van der Waals surface area contributed by atoms with Crippen molar-refractivity contribution in [3.05, 3.63) is 77.1 Å². The van der Waals surface area contributed by atoms with E-state index in [1.807, 2.05) is 24.3 Å². The normalized spacial score (nSPS) is 24.7. The SMILES string of the molecule is CC(=O)c1ccc2c(c1)[C@H]1C=CC[C@H]1[C@H](c1cccc(F)c1)N2. The quantitative estimate of drug-likeness (QED) is 0.634. The van der Waals surface area contributed by atoms with E-state index in [9.17, 15) is 9.18 Å². The Morgan fingerprint density at radius 1 is 1.22 bits per heavy atom. The number of rotatable bonds is 2. The van der Waals surface area contributed by atoms with E-state index in [-0.39, 0.29) is 23.6 Å². The number of hydrogen-bond acceptors (Lipinski definition) is 2. The van der Waals surface area contributed by atoms with E-state index in [1.54, 1.807) is 19.1 Å². The Morgan fingerprint density at radius 3 is 2.87 bits per heavy atom. The molecule has 0 spiro atoms. The van der Waals surface area contributed by atoms with Crippen LogP contribution in [0.1, 0.15) is 46.8 Å². The van der Waals surface area contributed by atoms with E-state index < -0.39 is 0 Å². The van der Waals surface area contributed by atoms with Crippen LogP contribution in [0.3, 0.4) is 0 Å². The minimum atomic E-state index is -0.204. The number of ketones is 1. The molecule has 0 saturated heterocycles. The molecule has 1 aliphatic carbocycles. The topological polar surface area (TPSA) is 29.1 Å². The lowest BCUT2D eigenvalue weighted by molar-refractivity contribution is 0.101. The summed E-state index contributed by atoms with van der Waals surface area (Å²) < 4.78 is 13.6. The van der Waals surface area contributed by atoms with Gasteiger partial charge in [-0.15, -0.1) is 0 Å². The average molecular weight is 307 g/mol. The van der Waals surface area contributed by atoms with Crippen LogP contribution in [0.25, 0.3) is 0 Å². The summed E-state index contributed by atoms with van der Waals surface area (Å²) in [4.78, 5) is 11.7. The number of hydrogen-bond donors (Lipinski definition) is 1. The summed E-state index contributed by atoms with van der Waals surface area (Å²) in [6.07, 6.45) is 5.38. The Labute approximate surface area is 135 Å². The highest BCUT2D eigenvalue weighted by atomic mass is 19.1. The summed E-state index contributed by atoms with van der Waals surface area (Å²) >= 11 is 0. The Balaban J connectivity index is 1.79. The number of allylic oxidation sites excluding steroid dienone is 2. The lowest BCUT2D eigenvalue weighted by Gasteiger charge is -2.37. The van der Waals surface area contributed by atoms with Gasteiger partial charge in [-0.25, -0.2) is 4.39 Å². The van der Waals surface area contributed by atoms with Crippen LogP contribution in [-0.4, -0.2) is 5.78 Å². The second kappa shape index (κ2) is 5.34. The molecule has 2 aromatic rings. The molecule has 2 aliphatic rings. The standard InChI is InChI=1S/C20H18FNO/c1-12(23)13-8-9-19-18(11-13)16-6-3-7-17(16)20(22-19)14-4-2-5-15(21)10-14/h2-6,8-11,16-17,20,22H,7H2,1H3/t16-,17+,20-/m0/s1. The van der Waals surface area contributed by atoms with Crippen LogP contribution >= 0.6 is 0 Å². The van der Waals surface area contributed by atoms with Gasteiger partial charge in [0.1, 0.15) is 5.82 Å². The summed E-state index contributed by atoms with van der Waals surface area (Å²) in [6.45, 7) is 1.59. The summed E-state index contributed by atoms with van der Waals surface area (Å²) in [5, 5.41) is 3.56. The lowest BCUT2D eigenvalue weighted by Crippen LogP contribution is -2.29. The molecule has 0 saturated carbocycles. The Morgan fingerprint density at radius 2 is 2.09 bits per heavy atom. The minimum Gasteiger partial charge on any atom is -0.378 e. The van der Waals surface area contributed by atoms with E-state index in [4.69, 9.17) is 0 Å². The molecule has 0 unspecified atom stereocenters. The van der Waals surface area contributed by atoms with Crippen LogP contribution in [0, 0.1) is 11.7 Å². The predicted octanol–water partition coefficient (Wildman–Crippen LogP) is 4.85. The smallest absolute Gasteiger partial charge is 0.159 e. The number of Topliss-reactive ketones (excluding diaryl/α,β-unsaturated/α-hetero) is 1. The fourth-order valence-corrected chi connectivity index (χ4v) is 3.84. The zero-order chi connectivity index (χ0) is 16.0. The Hall–Kier alpha value is -2.42. The summed E-state index contributed by atoms with van der Waals surface area (Å²) in [5.41, 5.74) is 3.93. The first-order valence-electron chi connectivity index (χ1n) is 7.97. The third-order valence-electron chi connectivity index (χ3n) is 4.98. The number of anilines is 1. The molecule has 23 heavy (non-hydrogen) atoms. The van der Waals surface area contributed by atoms with Crippen molar-refractivity contribution in [3.8, 4) is 0 Å². The van der Waals surface area contributed by atoms with Gasteiger partial charge >= 0.3 is 0 Å². The third kappa shape index (κ3) is 2.37. The van der Waals surface area contributed by atoms with Crippen molar-refractivity contribution in [2.75, 3.05) is 5.32 Å². The van der Waals surface area contributed by atoms with Crippen LogP contribution < -0.4 is 5.32 Å². The number of carbonyl (C=O) groups excluding carboxylic acids is 1. The van der Waals surface area contributed by atoms with Crippen LogP contribution in [0.15, 0.2) is 54.6 Å². The molecule has 2 aromatic carbocycles. The molecule has 0 fully saturated rings. The van der Waals surface area contributed by atoms with Gasteiger partial charge in [0.25, 0.3) is 0 Å². The molecular formula is C20H18FNO. The number of nitrogens with one attached hydrogen (secondary N) is 1. The van der Waals surface area contributed by atoms with E-state index in [0.29, 0.717) is 5.92 Å². The van der Waals surface area contributed by atoms with Crippen LogP contribution in [-0.2, 0) is 0 Å². The summed E-state index contributed by atoms with van der Waals surface area (Å²) in [5.74, 6) is 0.508. The zero-order valence-corrected chi connectivity index (χ0v) is 12.9. The van der Waals surface area contributed by atoms with Crippen molar-refractivity contribution < 1.29 is 9.18 Å². The maximum Gasteiger partial charge on any atom is 0.159 e. The average Bonchev–Trinajstić information content (AvgIpc) is 3.03. The van der Waals surface area contributed by atoms with Crippen LogP contribution in [0.2, 0.25) is 0 Å². The first-order chi connectivity index (χ1) is 11.1. The van der Waals surface area contributed by atoms with Crippen molar-refractivity contribution in [1.29, 1.82) is 0 Å². The molecule has 116 valence electrons. The van der Waals surface area contributed by atoms with Gasteiger partial charge in [-0.3, -0.25) is 4.79 Å². The van der Waals surface area contributed by atoms with Crippen molar-refractivity contribution in [2.24, 2.45) is 5.92 Å². The lowest BCUT2D eigenvalue weighted by atomic mass is 9.76. The van der Waals surface area contributed by atoms with Crippen molar-refractivity contribution in [3.63, 3.8) is 0 Å². The largest absolute Gasteiger partial charge is 0.378 e. The fourth-order valence-electron chi connectivity index (χ4n) is 3.84. The van der Waals surface area contributed by atoms with Crippen molar-refractivity contribution >= 4 is 11.5 Å². The molecular weight excluding hydrogens is 289 g/mol. The molecule has 1 N–H and O–H groups in total. The van der Waals surface area contributed by atoms with Crippen molar-refractivity contribution in [1.82, 2.24) is 0 Å². The molecule has 1 heterocycles. The first kappa shape index (κ1) is 14.2. The van der Waals surface area contributed by atoms with Gasteiger partial charge in [0.05, 0.1) is 6.04 Å². The number of fused-ring (bicyclic) bond motifs is 3. The van der Waals surface area contributed by atoms with Crippen molar-refractivity contribution in [2.45, 2.75) is 25.3 Å². The van der Waals surface area contributed by atoms with E-state index >= 15 is 0 Å². The monoisotopic (exact) mass is 307 g/mol. The van der Waals surface area contributed by atoms with Gasteiger partial charge in [0.15, 0.2) is 5.78 Å². The molecule has 1 aliphatic heterocycles. The Bertz CT molecular complexity index is 811. The highest BCUT2D eigenvalue weighted by molar-refractivity contribution is 5.95. The van der Waals surface area contributed by atoms with Crippen LogP contribution in [0.4, 0.5) is 10.1 Å². The van der Waals surface area contributed by atoms with Crippen LogP contribution in [0.5, 0.6) is 0 Å². The molecule has 4 rings (SSSR count). The van der Waals surface area contributed by atoms with E-state index in [2.05, 4.69) is 17.5 Å². The molecule has 2 nitrogen and oxygen atoms in total. The zero-order valence-electron chi connectivity index (χ0n) is 12.9. The molecule has 0 amide bonds. The fraction of sp³-hybridized carbons (Fsp3) is 0.250. The summed E-state index contributed by atoms with van der Waals surface area (Å²) in [7, 11) is 0. The van der Waals surface area contributed by atoms with Gasteiger partial charge in [-0.05, 0) is 60.7 Å². The molecule has 0 radical (unpaired) electrons. The van der Waals surface area contributed by atoms with E-state index in [0.717, 1.165) is 23.2 Å². The van der Waals surface area contributed by atoms with Gasteiger partial charge in [-0.2, -0.15) is 0 Å². The second-order valence-corrected chi connectivity index (χ2v) is 6.39. The third-order valence-corrected chi connectivity index (χ3v) is 4.98. The number of carbonyl (C=O) groups is 1. The van der Waals surface area contributed by atoms with Gasteiger partial charge in [-0.1, -0.05) is 24.3 Å². The number of benzene rings is 2. The highest BCUT2D eigenvalue weighted by Crippen LogP contribution is 2.49. The second-order valence-electron chi connectivity index (χ2n) is 6.39. The van der Waals surface area contributed by atoms with Gasteiger partial charge in [0.2, 0.25) is 0 Å². The highest BCUT2D eigenvalue weighted by Gasteiger charge is 2.38. The van der Waals surface area contributed by atoms with E-state index in [1.165, 1.54) is 11.6 Å². The maximum atomic E-state index is 13.6. The van der Waals surface area contributed by atoms with Gasteiger partial charge in [0, 0.05) is 17.2 Å². The first-order valence-corrected chi connectivity index (χ1v) is 7.97. The predicted molar refractivity (Wildman–Crippen MR) is 89.2 cm³/mol. The summed E-state index contributed by atoms with van der Waals surface area (Å²) in [6, 6.07) is 12.7. The molecule has 3 heteroatoms. The molecule has 0 aromatic heterocycles. The molecule has 0 bridgehead atoms. The minimum absolute atomic E-state index is 0.0820. The Kier molecular flexibility index (Phi) is 3.29.